The molecule has 0 saturated carbocycles. The van der Waals surface area contributed by atoms with Crippen molar-refractivity contribution in [3.8, 4) is 5.75 Å². The fourth-order valence-electron chi connectivity index (χ4n) is 1.77. The number of benzene rings is 1. The second-order valence-electron chi connectivity index (χ2n) is 4.18. The van der Waals surface area contributed by atoms with Gasteiger partial charge in [0.15, 0.2) is 6.61 Å². The molecule has 0 spiro atoms. The molecule has 0 saturated heterocycles. The van der Waals surface area contributed by atoms with Gasteiger partial charge in [0.1, 0.15) is 11.6 Å². The largest absolute Gasteiger partial charge is 0.483 e. The summed E-state index contributed by atoms with van der Waals surface area (Å²) in [6.45, 7) is 6.35. The summed E-state index contributed by atoms with van der Waals surface area (Å²) in [5.74, 6) is -0.309. The Morgan fingerprint density at radius 1 is 1.40 bits per heavy atom. The minimum atomic E-state index is -0.467. The number of nitrogens with zero attached hydrogens (tertiary/aromatic N) is 2. The molecule has 0 aliphatic heterocycles. The van der Waals surface area contributed by atoms with E-state index in [1.807, 2.05) is 13.8 Å². The molecule has 0 bridgehead atoms. The maximum absolute atomic E-state index is 13.2. The lowest BCUT2D eigenvalue weighted by atomic mass is 10.1. The third-order valence-corrected chi connectivity index (χ3v) is 2.95. The van der Waals surface area contributed by atoms with Crippen LogP contribution in [0.4, 0.5) is 4.39 Å². The van der Waals surface area contributed by atoms with Crippen molar-refractivity contribution in [2.45, 2.75) is 20.8 Å². The van der Waals surface area contributed by atoms with Gasteiger partial charge in [-0.1, -0.05) is 5.16 Å². The normalized spacial score (nSPS) is 11.3. The van der Waals surface area contributed by atoms with E-state index in [2.05, 4.69) is 5.16 Å². The Morgan fingerprint density at radius 2 is 2.05 bits per heavy atom. The molecule has 1 rings (SSSR count). The van der Waals surface area contributed by atoms with Crippen LogP contribution < -0.4 is 4.74 Å². The smallest absolute Gasteiger partial charge is 0.260 e. The zero-order chi connectivity index (χ0) is 15.1. The standard InChI is InChI=1S/C14H19FN2O3/c1-4-17(5-2)14(18)9-20-13-7-6-11(15)8-12(13)10(3)16-19/h6-8,19H,4-5,9H2,1-3H3/b16-10+. The molecule has 1 aromatic rings. The van der Waals surface area contributed by atoms with Crippen molar-refractivity contribution in [3.63, 3.8) is 0 Å². The van der Waals surface area contributed by atoms with E-state index >= 15 is 0 Å². The van der Waals surface area contributed by atoms with Gasteiger partial charge in [-0.2, -0.15) is 0 Å². The first-order valence-corrected chi connectivity index (χ1v) is 6.42. The first-order chi connectivity index (χ1) is 9.53. The van der Waals surface area contributed by atoms with Gasteiger partial charge in [-0.05, 0) is 39.0 Å². The van der Waals surface area contributed by atoms with Gasteiger partial charge in [0.05, 0.1) is 5.71 Å². The van der Waals surface area contributed by atoms with Crippen molar-refractivity contribution in [1.29, 1.82) is 0 Å². The summed E-state index contributed by atoms with van der Waals surface area (Å²) in [7, 11) is 0. The Bertz CT molecular complexity index is 499. The summed E-state index contributed by atoms with van der Waals surface area (Å²) in [6.07, 6.45) is 0. The SMILES string of the molecule is CCN(CC)C(=O)COc1ccc(F)cc1/C(C)=N/O. The van der Waals surface area contributed by atoms with Crippen molar-refractivity contribution in [1.82, 2.24) is 4.90 Å². The van der Waals surface area contributed by atoms with Crippen LogP contribution in [0.3, 0.4) is 0 Å². The van der Waals surface area contributed by atoms with Crippen LogP contribution in [0.15, 0.2) is 23.4 Å². The van der Waals surface area contributed by atoms with Gasteiger partial charge in [0.2, 0.25) is 0 Å². The minimum absolute atomic E-state index is 0.140. The Balaban J connectivity index is 2.85. The Morgan fingerprint density at radius 3 is 2.60 bits per heavy atom. The third kappa shape index (κ3) is 3.94. The number of amides is 1. The molecule has 0 fully saturated rings. The van der Waals surface area contributed by atoms with E-state index in [-0.39, 0.29) is 18.2 Å². The lowest BCUT2D eigenvalue weighted by Crippen LogP contribution is -2.34. The number of hydrogen-bond acceptors (Lipinski definition) is 4. The summed E-state index contributed by atoms with van der Waals surface area (Å²) in [5.41, 5.74) is 0.537. The lowest BCUT2D eigenvalue weighted by molar-refractivity contribution is -0.132. The highest BCUT2D eigenvalue weighted by Crippen LogP contribution is 2.20. The molecule has 0 radical (unpaired) electrons. The average molecular weight is 282 g/mol. The van der Waals surface area contributed by atoms with Gasteiger partial charge >= 0.3 is 0 Å². The van der Waals surface area contributed by atoms with Crippen molar-refractivity contribution >= 4 is 11.6 Å². The van der Waals surface area contributed by atoms with Crippen LogP contribution in [-0.2, 0) is 4.79 Å². The predicted molar refractivity (Wildman–Crippen MR) is 73.8 cm³/mol. The molecule has 0 aliphatic rings. The molecule has 5 nitrogen and oxygen atoms in total. The van der Waals surface area contributed by atoms with Gasteiger partial charge in [-0.25, -0.2) is 4.39 Å². The first kappa shape index (κ1) is 15.9. The van der Waals surface area contributed by atoms with Crippen LogP contribution in [0.2, 0.25) is 0 Å². The molecule has 1 amide bonds. The average Bonchev–Trinajstić information content (AvgIpc) is 2.46. The quantitative estimate of drug-likeness (QED) is 0.494. The van der Waals surface area contributed by atoms with Crippen molar-refractivity contribution < 1.29 is 19.1 Å². The second-order valence-corrected chi connectivity index (χ2v) is 4.18. The van der Waals surface area contributed by atoms with Crippen LogP contribution in [0, 0.1) is 5.82 Å². The van der Waals surface area contributed by atoms with Crippen molar-refractivity contribution in [3.05, 3.63) is 29.6 Å². The van der Waals surface area contributed by atoms with Crippen LogP contribution in [-0.4, -0.2) is 41.4 Å². The Hall–Kier alpha value is -2.11. The number of halogens is 1. The molecule has 0 unspecified atom stereocenters. The molecule has 0 atom stereocenters. The van der Waals surface area contributed by atoms with E-state index in [1.165, 1.54) is 25.1 Å². The molecule has 0 aromatic heterocycles. The summed E-state index contributed by atoms with van der Waals surface area (Å²) in [6, 6.07) is 3.84. The zero-order valence-electron chi connectivity index (χ0n) is 11.9. The molecular formula is C14H19FN2O3. The fourth-order valence-corrected chi connectivity index (χ4v) is 1.77. The summed E-state index contributed by atoms with van der Waals surface area (Å²) >= 11 is 0. The van der Waals surface area contributed by atoms with Crippen molar-refractivity contribution in [2.75, 3.05) is 19.7 Å². The number of oxime groups is 1. The van der Waals surface area contributed by atoms with Crippen molar-refractivity contribution in [2.24, 2.45) is 5.16 Å². The van der Waals surface area contributed by atoms with Crippen LogP contribution in [0.1, 0.15) is 26.3 Å². The maximum atomic E-state index is 13.2. The van der Waals surface area contributed by atoms with Gasteiger partial charge in [0.25, 0.3) is 5.91 Å². The van der Waals surface area contributed by atoms with E-state index in [0.29, 0.717) is 24.4 Å². The molecule has 6 heteroatoms. The van der Waals surface area contributed by atoms with E-state index in [4.69, 9.17) is 9.94 Å². The van der Waals surface area contributed by atoms with Gasteiger partial charge in [-0.3, -0.25) is 4.79 Å². The number of likely N-dealkylation sites (N-methyl/N-ethyl adjacent to an activating group) is 1. The van der Waals surface area contributed by atoms with Crippen LogP contribution >= 0.6 is 0 Å². The molecule has 20 heavy (non-hydrogen) atoms. The number of carbonyl (C=O) groups is 1. The molecule has 0 aliphatic carbocycles. The van der Waals surface area contributed by atoms with Crippen LogP contribution in [0.5, 0.6) is 5.75 Å². The summed E-state index contributed by atoms with van der Waals surface area (Å²) < 4.78 is 18.6. The number of rotatable bonds is 6. The molecule has 0 heterocycles. The van der Waals surface area contributed by atoms with E-state index in [0.717, 1.165) is 0 Å². The first-order valence-electron chi connectivity index (χ1n) is 6.42. The summed E-state index contributed by atoms with van der Waals surface area (Å²) in [5, 5.41) is 11.8. The van der Waals surface area contributed by atoms with Gasteiger partial charge in [-0.15, -0.1) is 0 Å². The van der Waals surface area contributed by atoms with E-state index < -0.39 is 5.82 Å². The highest BCUT2D eigenvalue weighted by molar-refractivity contribution is 6.00. The Labute approximate surface area is 117 Å². The van der Waals surface area contributed by atoms with Gasteiger partial charge in [0, 0.05) is 18.7 Å². The minimum Gasteiger partial charge on any atom is -0.483 e. The highest BCUT2D eigenvalue weighted by atomic mass is 19.1. The zero-order valence-corrected chi connectivity index (χ0v) is 11.9. The maximum Gasteiger partial charge on any atom is 0.260 e. The number of hydrogen-bond donors (Lipinski definition) is 1. The summed E-state index contributed by atoms with van der Waals surface area (Å²) in [4.78, 5) is 13.5. The second kappa shape index (κ2) is 7.47. The predicted octanol–water partition coefficient (Wildman–Crippen LogP) is 2.27. The topological polar surface area (TPSA) is 62.1 Å². The Kier molecular flexibility index (Phi) is 5.96. The molecule has 110 valence electrons. The van der Waals surface area contributed by atoms with E-state index in [9.17, 15) is 9.18 Å². The third-order valence-electron chi connectivity index (χ3n) is 2.95. The monoisotopic (exact) mass is 282 g/mol. The highest BCUT2D eigenvalue weighted by Gasteiger charge is 2.13. The molecule has 1 N–H and O–H groups in total. The fraction of sp³-hybridized carbons (Fsp3) is 0.429. The van der Waals surface area contributed by atoms with E-state index in [1.54, 1.807) is 4.90 Å². The van der Waals surface area contributed by atoms with Gasteiger partial charge < -0.3 is 14.8 Å². The number of carbonyl (C=O) groups excluding carboxylic acids is 1. The van der Waals surface area contributed by atoms with Crippen LogP contribution in [0.25, 0.3) is 0 Å². The molecule has 1 aromatic carbocycles. The number of ether oxygens (including phenoxy) is 1. The lowest BCUT2D eigenvalue weighted by Gasteiger charge is -2.19. The molecular weight excluding hydrogens is 263 g/mol.